The second-order valence-electron chi connectivity index (χ2n) is 4.15. The zero-order valence-electron chi connectivity index (χ0n) is 10.0. The minimum absolute atomic E-state index is 0.395. The van der Waals surface area contributed by atoms with Crippen LogP contribution in [0.25, 0.3) is 0 Å². The lowest BCUT2D eigenvalue weighted by molar-refractivity contribution is 0.717. The summed E-state index contributed by atoms with van der Waals surface area (Å²) in [6, 6.07) is 3.89. The lowest BCUT2D eigenvalue weighted by atomic mass is 10.2. The highest BCUT2D eigenvalue weighted by molar-refractivity contribution is 8.00. The first-order chi connectivity index (χ1) is 8.24. The van der Waals surface area contributed by atoms with Crippen LogP contribution in [0.15, 0.2) is 12.1 Å². The van der Waals surface area contributed by atoms with Gasteiger partial charge >= 0.3 is 0 Å². The average molecular weight is 272 g/mol. The molecule has 1 atom stereocenters. The minimum atomic E-state index is 0.395. The summed E-state index contributed by atoms with van der Waals surface area (Å²) >= 11 is 8.08. The van der Waals surface area contributed by atoms with Crippen molar-refractivity contribution < 1.29 is 0 Å². The zero-order chi connectivity index (χ0) is 12.3. The molecule has 0 saturated carbocycles. The summed E-state index contributed by atoms with van der Waals surface area (Å²) < 4.78 is 0. The van der Waals surface area contributed by atoms with Crippen LogP contribution >= 0.6 is 23.4 Å². The number of hydrogen-bond donors (Lipinski definition) is 1. The molecule has 1 aliphatic heterocycles. The van der Waals surface area contributed by atoms with Gasteiger partial charge in [-0.15, -0.1) is 0 Å². The Labute approximate surface area is 112 Å². The molecule has 0 aliphatic carbocycles. The van der Waals surface area contributed by atoms with Gasteiger partial charge in [-0.1, -0.05) is 18.5 Å². The van der Waals surface area contributed by atoms with Gasteiger partial charge in [-0.25, -0.2) is 4.98 Å². The standard InChI is InChI=1S/C12H18ClN3S/c1-2-9-8-16(5-6-17-9)12-4-3-10(13)11(7-14)15-12/h3-4,9H,2,5-8,14H2,1H3. The maximum absolute atomic E-state index is 6.03. The molecule has 1 unspecified atom stereocenters. The first kappa shape index (κ1) is 13.0. The summed E-state index contributed by atoms with van der Waals surface area (Å²) in [7, 11) is 0. The van der Waals surface area contributed by atoms with Gasteiger partial charge in [0.05, 0.1) is 10.7 Å². The fourth-order valence-electron chi connectivity index (χ4n) is 1.97. The van der Waals surface area contributed by atoms with E-state index < -0.39 is 0 Å². The summed E-state index contributed by atoms with van der Waals surface area (Å²) in [6.45, 7) is 4.76. The van der Waals surface area contributed by atoms with Crippen molar-refractivity contribution in [2.75, 3.05) is 23.7 Å². The van der Waals surface area contributed by atoms with E-state index >= 15 is 0 Å². The van der Waals surface area contributed by atoms with Gasteiger partial charge in [-0.05, 0) is 18.6 Å². The molecule has 1 saturated heterocycles. The molecule has 1 aliphatic rings. The Bertz CT molecular complexity index is 386. The molecular formula is C12H18ClN3S. The van der Waals surface area contributed by atoms with Crippen molar-refractivity contribution >= 4 is 29.2 Å². The molecule has 2 rings (SSSR count). The molecule has 94 valence electrons. The van der Waals surface area contributed by atoms with E-state index in [9.17, 15) is 0 Å². The molecule has 1 aromatic heterocycles. The van der Waals surface area contributed by atoms with Gasteiger partial charge in [0, 0.05) is 30.6 Å². The van der Waals surface area contributed by atoms with E-state index in [-0.39, 0.29) is 0 Å². The highest BCUT2D eigenvalue weighted by Gasteiger charge is 2.20. The normalized spacial score (nSPS) is 20.6. The lowest BCUT2D eigenvalue weighted by Crippen LogP contribution is -2.38. The third kappa shape index (κ3) is 3.06. The van der Waals surface area contributed by atoms with E-state index in [1.807, 2.05) is 12.1 Å². The first-order valence-corrected chi connectivity index (χ1v) is 7.39. The van der Waals surface area contributed by atoms with Gasteiger partial charge in [0.1, 0.15) is 5.82 Å². The monoisotopic (exact) mass is 271 g/mol. The number of anilines is 1. The van der Waals surface area contributed by atoms with E-state index in [1.165, 1.54) is 12.2 Å². The predicted molar refractivity (Wildman–Crippen MR) is 75.9 cm³/mol. The van der Waals surface area contributed by atoms with Gasteiger partial charge in [0.15, 0.2) is 0 Å². The number of rotatable bonds is 3. The molecule has 0 radical (unpaired) electrons. The molecular weight excluding hydrogens is 254 g/mol. The Morgan fingerprint density at radius 2 is 2.41 bits per heavy atom. The highest BCUT2D eigenvalue weighted by atomic mass is 35.5. The minimum Gasteiger partial charge on any atom is -0.355 e. The number of nitrogens with zero attached hydrogens (tertiary/aromatic N) is 2. The number of thioether (sulfide) groups is 1. The number of halogens is 1. The predicted octanol–water partition coefficient (Wildman–Crippen LogP) is 2.53. The maximum Gasteiger partial charge on any atom is 0.129 e. The lowest BCUT2D eigenvalue weighted by Gasteiger charge is -2.33. The second-order valence-corrected chi connectivity index (χ2v) is 5.96. The molecule has 0 spiro atoms. The summed E-state index contributed by atoms with van der Waals surface area (Å²) in [5.41, 5.74) is 6.42. The topological polar surface area (TPSA) is 42.1 Å². The fraction of sp³-hybridized carbons (Fsp3) is 0.583. The van der Waals surface area contributed by atoms with Crippen molar-refractivity contribution in [3.63, 3.8) is 0 Å². The van der Waals surface area contributed by atoms with Gasteiger partial charge in [-0.3, -0.25) is 0 Å². The molecule has 5 heteroatoms. The van der Waals surface area contributed by atoms with Crippen LogP contribution in [-0.2, 0) is 6.54 Å². The van der Waals surface area contributed by atoms with Crippen LogP contribution in [0, 0.1) is 0 Å². The van der Waals surface area contributed by atoms with Crippen molar-refractivity contribution in [2.24, 2.45) is 5.73 Å². The molecule has 0 aromatic carbocycles. The number of nitrogens with two attached hydrogens (primary N) is 1. The summed E-state index contributed by atoms with van der Waals surface area (Å²) in [5.74, 6) is 2.18. The summed E-state index contributed by atoms with van der Waals surface area (Å²) in [5, 5.41) is 1.37. The maximum atomic E-state index is 6.03. The van der Waals surface area contributed by atoms with Crippen molar-refractivity contribution in [2.45, 2.75) is 25.1 Å². The van der Waals surface area contributed by atoms with Gasteiger partial charge in [0.2, 0.25) is 0 Å². The van der Waals surface area contributed by atoms with E-state index in [4.69, 9.17) is 17.3 Å². The van der Waals surface area contributed by atoms with E-state index in [0.717, 1.165) is 24.6 Å². The van der Waals surface area contributed by atoms with Gasteiger partial charge < -0.3 is 10.6 Å². The Hall–Kier alpha value is -0.450. The number of pyridine rings is 1. The van der Waals surface area contributed by atoms with Crippen LogP contribution < -0.4 is 10.6 Å². The third-order valence-electron chi connectivity index (χ3n) is 3.02. The highest BCUT2D eigenvalue weighted by Crippen LogP contribution is 2.26. The van der Waals surface area contributed by atoms with Crippen LogP contribution in [0.4, 0.5) is 5.82 Å². The zero-order valence-corrected chi connectivity index (χ0v) is 11.6. The van der Waals surface area contributed by atoms with Gasteiger partial charge in [0.25, 0.3) is 0 Å². The Morgan fingerprint density at radius 3 is 3.12 bits per heavy atom. The van der Waals surface area contributed by atoms with Gasteiger partial charge in [-0.2, -0.15) is 11.8 Å². The van der Waals surface area contributed by atoms with Crippen molar-refractivity contribution in [3.8, 4) is 0 Å². The fourth-order valence-corrected chi connectivity index (χ4v) is 3.33. The number of aromatic nitrogens is 1. The molecule has 2 heterocycles. The Morgan fingerprint density at radius 1 is 1.59 bits per heavy atom. The first-order valence-electron chi connectivity index (χ1n) is 5.96. The average Bonchev–Trinajstić information content (AvgIpc) is 2.39. The Kier molecular flexibility index (Phi) is 4.54. The van der Waals surface area contributed by atoms with Crippen LogP contribution in [0.1, 0.15) is 19.0 Å². The number of hydrogen-bond acceptors (Lipinski definition) is 4. The summed E-state index contributed by atoms with van der Waals surface area (Å²) in [4.78, 5) is 6.88. The largest absolute Gasteiger partial charge is 0.355 e. The van der Waals surface area contributed by atoms with Crippen LogP contribution in [0.3, 0.4) is 0 Å². The second kappa shape index (κ2) is 5.94. The molecule has 1 aromatic rings. The molecule has 3 nitrogen and oxygen atoms in total. The SMILES string of the molecule is CCC1CN(c2ccc(Cl)c(CN)n2)CCS1. The van der Waals surface area contributed by atoms with Crippen LogP contribution in [-0.4, -0.2) is 29.1 Å². The molecule has 1 fully saturated rings. The van der Waals surface area contributed by atoms with E-state index in [0.29, 0.717) is 16.8 Å². The molecule has 17 heavy (non-hydrogen) atoms. The van der Waals surface area contributed by atoms with Crippen molar-refractivity contribution in [1.29, 1.82) is 0 Å². The van der Waals surface area contributed by atoms with Crippen LogP contribution in [0.2, 0.25) is 5.02 Å². The quantitative estimate of drug-likeness (QED) is 0.917. The smallest absolute Gasteiger partial charge is 0.129 e. The van der Waals surface area contributed by atoms with Crippen molar-refractivity contribution in [3.05, 3.63) is 22.8 Å². The third-order valence-corrected chi connectivity index (χ3v) is 4.73. The Balaban J connectivity index is 2.16. The van der Waals surface area contributed by atoms with E-state index in [2.05, 4.69) is 28.6 Å². The molecule has 0 bridgehead atoms. The summed E-state index contributed by atoms with van der Waals surface area (Å²) in [6.07, 6.45) is 1.21. The van der Waals surface area contributed by atoms with Crippen molar-refractivity contribution in [1.82, 2.24) is 4.98 Å². The van der Waals surface area contributed by atoms with E-state index in [1.54, 1.807) is 0 Å². The molecule has 0 amide bonds. The van der Waals surface area contributed by atoms with Crippen LogP contribution in [0.5, 0.6) is 0 Å². The molecule has 2 N–H and O–H groups in total.